The second kappa shape index (κ2) is 8.36. The maximum atomic E-state index is 11.8. The third kappa shape index (κ3) is 4.74. The van der Waals surface area contributed by atoms with E-state index in [2.05, 4.69) is 5.32 Å². The Kier molecular flexibility index (Phi) is 5.71. The van der Waals surface area contributed by atoms with Crippen molar-refractivity contribution in [3.05, 3.63) is 71.8 Å². The monoisotopic (exact) mass is 369 g/mol. The van der Waals surface area contributed by atoms with Crippen LogP contribution in [0.4, 0.5) is 5.69 Å². The minimum atomic E-state index is -0.621. The van der Waals surface area contributed by atoms with Crippen LogP contribution in [0.1, 0.15) is 0 Å². The topological polar surface area (TPSA) is 64.6 Å². The fourth-order valence-electron chi connectivity index (χ4n) is 2.38. The fraction of sp³-hybridized carbons (Fsp3) is 0.100. The Morgan fingerprint density at radius 2 is 1.62 bits per heavy atom. The summed E-state index contributed by atoms with van der Waals surface area (Å²) in [5.74, 6) is -0.472. The quantitative estimate of drug-likeness (QED) is 0.666. The number of amides is 1. The lowest BCUT2D eigenvalue weighted by Crippen LogP contribution is -2.23. The minimum Gasteiger partial charge on any atom is -0.481 e. The van der Waals surface area contributed by atoms with Crippen molar-refractivity contribution in [2.24, 2.45) is 0 Å². The van der Waals surface area contributed by atoms with E-state index in [1.165, 1.54) is 0 Å². The van der Waals surface area contributed by atoms with Gasteiger partial charge in [0.1, 0.15) is 5.75 Å². The smallest absolute Gasteiger partial charge is 0.344 e. The molecule has 3 aromatic rings. The Balaban J connectivity index is 1.48. The molecular formula is C20H16ClNO4. The number of fused-ring (bicyclic) bond motifs is 1. The van der Waals surface area contributed by atoms with Gasteiger partial charge in [-0.05, 0) is 35.7 Å². The van der Waals surface area contributed by atoms with Crippen molar-refractivity contribution in [2.45, 2.75) is 0 Å². The Hall–Kier alpha value is -3.05. The maximum Gasteiger partial charge on any atom is 0.344 e. The van der Waals surface area contributed by atoms with Crippen molar-refractivity contribution in [3.8, 4) is 5.75 Å². The predicted octanol–water partition coefficient (Wildman–Crippen LogP) is 4.05. The van der Waals surface area contributed by atoms with Crippen molar-refractivity contribution in [3.63, 3.8) is 0 Å². The summed E-state index contributed by atoms with van der Waals surface area (Å²) in [5.41, 5.74) is 0.572. The van der Waals surface area contributed by atoms with E-state index in [-0.39, 0.29) is 13.2 Å². The van der Waals surface area contributed by atoms with Crippen LogP contribution in [-0.4, -0.2) is 25.1 Å². The number of carbonyl (C=O) groups is 2. The molecule has 0 radical (unpaired) electrons. The van der Waals surface area contributed by atoms with Gasteiger partial charge < -0.3 is 14.8 Å². The van der Waals surface area contributed by atoms with E-state index in [0.29, 0.717) is 16.5 Å². The van der Waals surface area contributed by atoms with E-state index in [9.17, 15) is 9.59 Å². The molecule has 0 aliphatic carbocycles. The molecule has 132 valence electrons. The van der Waals surface area contributed by atoms with Crippen molar-refractivity contribution < 1.29 is 19.1 Å². The number of benzene rings is 3. The highest BCUT2D eigenvalue weighted by Crippen LogP contribution is 2.25. The molecule has 0 saturated carbocycles. The first-order valence-electron chi connectivity index (χ1n) is 7.93. The number of hydrogen-bond acceptors (Lipinski definition) is 4. The van der Waals surface area contributed by atoms with Crippen LogP contribution < -0.4 is 10.1 Å². The zero-order valence-electron chi connectivity index (χ0n) is 13.8. The van der Waals surface area contributed by atoms with Crippen LogP contribution in [0.15, 0.2) is 66.7 Å². The number of hydrogen-bond donors (Lipinski definition) is 1. The number of carbonyl (C=O) groups excluding carboxylic acids is 2. The molecule has 0 aliphatic rings. The lowest BCUT2D eigenvalue weighted by Gasteiger charge is -2.09. The Bertz CT molecular complexity index is 919. The van der Waals surface area contributed by atoms with Crippen LogP contribution >= 0.6 is 11.6 Å². The van der Waals surface area contributed by atoms with Gasteiger partial charge in [0.2, 0.25) is 0 Å². The van der Waals surface area contributed by atoms with E-state index in [1.54, 1.807) is 30.3 Å². The molecule has 0 aliphatic heterocycles. The van der Waals surface area contributed by atoms with Crippen molar-refractivity contribution >= 4 is 39.9 Å². The fourth-order valence-corrected chi connectivity index (χ4v) is 2.50. The normalized spacial score (nSPS) is 10.3. The molecule has 0 bridgehead atoms. The zero-order valence-corrected chi connectivity index (χ0v) is 14.5. The molecule has 0 unspecified atom stereocenters. The summed E-state index contributed by atoms with van der Waals surface area (Å²) in [7, 11) is 0. The highest BCUT2D eigenvalue weighted by Gasteiger charge is 2.10. The highest BCUT2D eigenvalue weighted by molar-refractivity contribution is 6.30. The van der Waals surface area contributed by atoms with Crippen molar-refractivity contribution in [1.29, 1.82) is 0 Å². The molecule has 1 N–H and O–H groups in total. The molecule has 0 saturated heterocycles. The SMILES string of the molecule is O=C(COC(=O)COc1cccc2ccccc12)Nc1ccc(Cl)cc1. The van der Waals surface area contributed by atoms with Crippen LogP contribution in [0.3, 0.4) is 0 Å². The molecule has 6 heteroatoms. The first-order valence-corrected chi connectivity index (χ1v) is 8.31. The molecule has 0 heterocycles. The van der Waals surface area contributed by atoms with Crippen LogP contribution in [0.5, 0.6) is 5.75 Å². The minimum absolute atomic E-state index is 0.276. The number of nitrogens with one attached hydrogen (secondary N) is 1. The molecule has 0 aromatic heterocycles. The summed E-state index contributed by atoms with van der Waals surface area (Å²) >= 11 is 5.78. The largest absolute Gasteiger partial charge is 0.481 e. The second-order valence-corrected chi connectivity index (χ2v) is 5.92. The molecule has 26 heavy (non-hydrogen) atoms. The third-order valence-electron chi connectivity index (χ3n) is 3.59. The predicted molar refractivity (Wildman–Crippen MR) is 100 cm³/mol. The first-order chi connectivity index (χ1) is 12.6. The summed E-state index contributed by atoms with van der Waals surface area (Å²) in [6.45, 7) is -0.664. The Morgan fingerprint density at radius 3 is 2.42 bits per heavy atom. The lowest BCUT2D eigenvalue weighted by atomic mass is 10.1. The van der Waals surface area contributed by atoms with Gasteiger partial charge >= 0.3 is 5.97 Å². The second-order valence-electron chi connectivity index (χ2n) is 5.48. The molecule has 1 amide bonds. The molecule has 5 nitrogen and oxygen atoms in total. The molecule has 0 spiro atoms. The summed E-state index contributed by atoms with van der Waals surface area (Å²) < 4.78 is 10.5. The third-order valence-corrected chi connectivity index (χ3v) is 3.84. The zero-order chi connectivity index (χ0) is 18.4. The number of esters is 1. The average molecular weight is 370 g/mol. The average Bonchev–Trinajstić information content (AvgIpc) is 2.66. The van der Waals surface area contributed by atoms with Crippen LogP contribution in [0.25, 0.3) is 10.8 Å². The van der Waals surface area contributed by atoms with Gasteiger partial charge in [-0.3, -0.25) is 4.79 Å². The van der Waals surface area contributed by atoms with Gasteiger partial charge in [-0.15, -0.1) is 0 Å². The molecule has 3 rings (SSSR count). The van der Waals surface area contributed by atoms with Gasteiger partial charge in [0, 0.05) is 16.1 Å². The summed E-state index contributed by atoms with van der Waals surface area (Å²) in [6.07, 6.45) is 0. The number of rotatable bonds is 6. The van der Waals surface area contributed by atoms with E-state index >= 15 is 0 Å². The summed E-state index contributed by atoms with van der Waals surface area (Å²) in [6, 6.07) is 19.9. The van der Waals surface area contributed by atoms with Gasteiger partial charge in [0.05, 0.1) is 0 Å². The van der Waals surface area contributed by atoms with Gasteiger partial charge in [-0.1, -0.05) is 48.0 Å². The van der Waals surface area contributed by atoms with E-state index in [1.807, 2.05) is 36.4 Å². The van der Waals surface area contributed by atoms with Crippen LogP contribution in [-0.2, 0) is 14.3 Å². The summed E-state index contributed by atoms with van der Waals surface area (Å²) in [4.78, 5) is 23.6. The van der Waals surface area contributed by atoms with Gasteiger partial charge in [0.15, 0.2) is 13.2 Å². The van der Waals surface area contributed by atoms with Gasteiger partial charge in [0.25, 0.3) is 5.91 Å². The number of halogens is 1. The standard InChI is InChI=1S/C20H16ClNO4/c21-15-8-10-16(11-9-15)22-19(23)12-26-20(24)13-25-18-7-3-5-14-4-1-2-6-17(14)18/h1-11H,12-13H2,(H,22,23). The maximum absolute atomic E-state index is 11.8. The van der Waals surface area contributed by atoms with Gasteiger partial charge in [-0.2, -0.15) is 0 Å². The van der Waals surface area contributed by atoms with Gasteiger partial charge in [-0.25, -0.2) is 4.79 Å². The van der Waals surface area contributed by atoms with E-state index in [0.717, 1.165) is 10.8 Å². The Morgan fingerprint density at radius 1 is 0.885 bits per heavy atom. The molecule has 0 fully saturated rings. The van der Waals surface area contributed by atoms with E-state index < -0.39 is 11.9 Å². The summed E-state index contributed by atoms with van der Waals surface area (Å²) in [5, 5.41) is 5.10. The molecule has 3 aromatic carbocycles. The molecule has 0 atom stereocenters. The number of anilines is 1. The Labute approximate surface area is 155 Å². The van der Waals surface area contributed by atoms with Crippen molar-refractivity contribution in [2.75, 3.05) is 18.5 Å². The van der Waals surface area contributed by atoms with E-state index in [4.69, 9.17) is 21.1 Å². The first kappa shape index (κ1) is 17.8. The van der Waals surface area contributed by atoms with Crippen LogP contribution in [0, 0.1) is 0 Å². The molecular weight excluding hydrogens is 354 g/mol. The van der Waals surface area contributed by atoms with Crippen LogP contribution in [0.2, 0.25) is 5.02 Å². The van der Waals surface area contributed by atoms with Crippen molar-refractivity contribution in [1.82, 2.24) is 0 Å². The lowest BCUT2D eigenvalue weighted by molar-refractivity contribution is -0.149. The highest BCUT2D eigenvalue weighted by atomic mass is 35.5. The number of ether oxygens (including phenoxy) is 2.